The molecule has 0 atom stereocenters. The standard InChI is InChI=1S/C15H19BrN4O2/c1-22-9-8-17-6-7-18-15(21)12-10-19-20(11-12)14-4-2-13(16)3-5-14/h2-5,10-11,17H,6-9H2,1H3,(H,18,21). The fourth-order valence-electron chi connectivity index (χ4n) is 1.84. The number of hydrogen-bond acceptors (Lipinski definition) is 4. The van der Waals surface area contributed by atoms with Crippen LogP contribution in [0.2, 0.25) is 0 Å². The fraction of sp³-hybridized carbons (Fsp3) is 0.333. The summed E-state index contributed by atoms with van der Waals surface area (Å²) in [5, 5.41) is 10.2. The van der Waals surface area contributed by atoms with Crippen LogP contribution in [0.1, 0.15) is 10.4 Å². The van der Waals surface area contributed by atoms with Gasteiger partial charge in [0.1, 0.15) is 0 Å². The van der Waals surface area contributed by atoms with Crippen molar-refractivity contribution in [1.82, 2.24) is 20.4 Å². The highest BCUT2D eigenvalue weighted by atomic mass is 79.9. The number of carbonyl (C=O) groups is 1. The van der Waals surface area contributed by atoms with E-state index in [9.17, 15) is 4.79 Å². The average Bonchev–Trinajstić information content (AvgIpc) is 3.01. The number of halogens is 1. The van der Waals surface area contributed by atoms with E-state index in [1.54, 1.807) is 24.2 Å². The van der Waals surface area contributed by atoms with Crippen LogP contribution < -0.4 is 10.6 Å². The highest BCUT2D eigenvalue weighted by molar-refractivity contribution is 9.10. The first-order chi connectivity index (χ1) is 10.7. The predicted octanol–water partition coefficient (Wildman–Crippen LogP) is 1.60. The molecule has 6 nitrogen and oxygen atoms in total. The predicted molar refractivity (Wildman–Crippen MR) is 88.3 cm³/mol. The molecular formula is C15H19BrN4O2. The molecular weight excluding hydrogens is 348 g/mol. The summed E-state index contributed by atoms with van der Waals surface area (Å²) >= 11 is 3.39. The highest BCUT2D eigenvalue weighted by Gasteiger charge is 2.08. The maximum Gasteiger partial charge on any atom is 0.254 e. The van der Waals surface area contributed by atoms with Gasteiger partial charge >= 0.3 is 0 Å². The lowest BCUT2D eigenvalue weighted by Crippen LogP contribution is -2.32. The quantitative estimate of drug-likeness (QED) is 0.696. The number of rotatable bonds is 8. The number of nitrogens with one attached hydrogen (secondary N) is 2. The average molecular weight is 367 g/mol. The van der Waals surface area contributed by atoms with Gasteiger partial charge in [0.05, 0.1) is 24.1 Å². The Kier molecular flexibility index (Phi) is 6.57. The monoisotopic (exact) mass is 366 g/mol. The summed E-state index contributed by atoms with van der Waals surface area (Å²) in [6.07, 6.45) is 3.28. The van der Waals surface area contributed by atoms with Gasteiger partial charge in [-0.05, 0) is 24.3 Å². The van der Waals surface area contributed by atoms with Crippen LogP contribution in [0.5, 0.6) is 0 Å². The van der Waals surface area contributed by atoms with Crippen molar-refractivity contribution in [2.75, 3.05) is 33.4 Å². The van der Waals surface area contributed by atoms with Gasteiger partial charge in [0.2, 0.25) is 0 Å². The molecule has 1 aromatic carbocycles. The molecule has 0 saturated carbocycles. The first kappa shape index (κ1) is 16.7. The number of hydrogen-bond donors (Lipinski definition) is 2. The summed E-state index contributed by atoms with van der Waals surface area (Å²) in [6, 6.07) is 7.72. The van der Waals surface area contributed by atoms with Crippen molar-refractivity contribution in [1.29, 1.82) is 0 Å². The van der Waals surface area contributed by atoms with Gasteiger partial charge in [0, 0.05) is 37.4 Å². The van der Waals surface area contributed by atoms with Crippen LogP contribution in [0.15, 0.2) is 41.1 Å². The zero-order chi connectivity index (χ0) is 15.8. The maximum absolute atomic E-state index is 12.0. The second kappa shape index (κ2) is 8.67. The summed E-state index contributed by atoms with van der Waals surface area (Å²) in [4.78, 5) is 12.0. The van der Waals surface area contributed by atoms with Gasteiger partial charge in [-0.1, -0.05) is 15.9 Å². The van der Waals surface area contributed by atoms with Gasteiger partial charge in [-0.25, -0.2) is 4.68 Å². The Labute approximate surface area is 138 Å². The molecule has 2 N–H and O–H groups in total. The third-order valence-corrected chi connectivity index (χ3v) is 3.53. The molecule has 1 heterocycles. The zero-order valence-electron chi connectivity index (χ0n) is 12.4. The molecule has 0 aliphatic heterocycles. The van der Waals surface area contributed by atoms with Crippen molar-refractivity contribution in [3.63, 3.8) is 0 Å². The van der Waals surface area contributed by atoms with Crippen molar-refractivity contribution >= 4 is 21.8 Å². The van der Waals surface area contributed by atoms with Crippen molar-refractivity contribution in [3.8, 4) is 5.69 Å². The zero-order valence-corrected chi connectivity index (χ0v) is 14.0. The lowest BCUT2D eigenvalue weighted by molar-refractivity contribution is 0.0953. The van der Waals surface area contributed by atoms with E-state index in [1.165, 1.54) is 0 Å². The molecule has 22 heavy (non-hydrogen) atoms. The van der Waals surface area contributed by atoms with Crippen molar-refractivity contribution in [2.45, 2.75) is 0 Å². The Balaban J connectivity index is 1.83. The molecule has 0 radical (unpaired) electrons. The Hall–Kier alpha value is -1.70. The Bertz CT molecular complexity index is 598. The van der Waals surface area contributed by atoms with Crippen LogP contribution in [0.3, 0.4) is 0 Å². The topological polar surface area (TPSA) is 68.2 Å². The van der Waals surface area contributed by atoms with E-state index < -0.39 is 0 Å². The van der Waals surface area contributed by atoms with Crippen LogP contribution in [0, 0.1) is 0 Å². The first-order valence-corrected chi connectivity index (χ1v) is 7.78. The molecule has 0 aliphatic carbocycles. The number of carbonyl (C=O) groups excluding carboxylic acids is 1. The molecule has 0 bridgehead atoms. The number of nitrogens with zero attached hydrogens (tertiary/aromatic N) is 2. The van der Waals surface area contributed by atoms with E-state index in [4.69, 9.17) is 4.74 Å². The van der Waals surface area contributed by atoms with Gasteiger partial charge < -0.3 is 15.4 Å². The molecule has 2 rings (SSSR count). The van der Waals surface area contributed by atoms with Crippen LogP contribution in [0.25, 0.3) is 5.69 Å². The van der Waals surface area contributed by atoms with E-state index in [0.717, 1.165) is 16.7 Å². The Morgan fingerprint density at radius 3 is 2.77 bits per heavy atom. The van der Waals surface area contributed by atoms with Crippen molar-refractivity contribution in [3.05, 3.63) is 46.7 Å². The molecule has 2 aromatic rings. The van der Waals surface area contributed by atoms with Crippen LogP contribution >= 0.6 is 15.9 Å². The van der Waals surface area contributed by atoms with E-state index >= 15 is 0 Å². The number of ether oxygens (including phenoxy) is 1. The van der Waals surface area contributed by atoms with E-state index in [1.807, 2.05) is 24.3 Å². The maximum atomic E-state index is 12.0. The Morgan fingerprint density at radius 2 is 2.05 bits per heavy atom. The van der Waals surface area contributed by atoms with E-state index in [2.05, 4.69) is 31.7 Å². The molecule has 0 fully saturated rings. The van der Waals surface area contributed by atoms with E-state index in [-0.39, 0.29) is 5.91 Å². The molecule has 7 heteroatoms. The minimum absolute atomic E-state index is 0.128. The van der Waals surface area contributed by atoms with Crippen LogP contribution in [-0.2, 0) is 4.74 Å². The van der Waals surface area contributed by atoms with Gasteiger partial charge in [-0.3, -0.25) is 4.79 Å². The van der Waals surface area contributed by atoms with Crippen LogP contribution in [-0.4, -0.2) is 49.0 Å². The molecule has 0 spiro atoms. The minimum Gasteiger partial charge on any atom is -0.383 e. The van der Waals surface area contributed by atoms with Gasteiger partial charge in [-0.15, -0.1) is 0 Å². The smallest absolute Gasteiger partial charge is 0.254 e. The van der Waals surface area contributed by atoms with Crippen molar-refractivity contribution in [2.24, 2.45) is 0 Å². The summed E-state index contributed by atoms with van der Waals surface area (Å²) in [5.41, 5.74) is 1.45. The normalized spacial score (nSPS) is 10.6. The lowest BCUT2D eigenvalue weighted by atomic mass is 10.3. The summed E-state index contributed by atoms with van der Waals surface area (Å²) in [7, 11) is 1.66. The molecule has 0 saturated heterocycles. The number of amides is 1. The second-order valence-corrected chi connectivity index (χ2v) is 5.56. The molecule has 0 unspecified atom stereocenters. The first-order valence-electron chi connectivity index (χ1n) is 6.99. The minimum atomic E-state index is -0.128. The number of methoxy groups -OCH3 is 1. The lowest BCUT2D eigenvalue weighted by Gasteiger charge is -2.05. The van der Waals surface area contributed by atoms with E-state index in [0.29, 0.717) is 25.3 Å². The largest absolute Gasteiger partial charge is 0.383 e. The highest BCUT2D eigenvalue weighted by Crippen LogP contribution is 2.13. The van der Waals surface area contributed by atoms with Crippen LogP contribution in [0.4, 0.5) is 0 Å². The van der Waals surface area contributed by atoms with Gasteiger partial charge in [0.25, 0.3) is 5.91 Å². The SMILES string of the molecule is COCCNCCNC(=O)c1cnn(-c2ccc(Br)cc2)c1. The molecule has 118 valence electrons. The molecule has 1 aromatic heterocycles. The second-order valence-electron chi connectivity index (χ2n) is 4.65. The molecule has 1 amide bonds. The fourth-order valence-corrected chi connectivity index (χ4v) is 2.11. The Morgan fingerprint density at radius 1 is 1.27 bits per heavy atom. The summed E-state index contributed by atoms with van der Waals surface area (Å²) in [5.74, 6) is -0.128. The van der Waals surface area contributed by atoms with Crippen molar-refractivity contribution < 1.29 is 9.53 Å². The van der Waals surface area contributed by atoms with Gasteiger partial charge in [-0.2, -0.15) is 5.10 Å². The summed E-state index contributed by atoms with van der Waals surface area (Å²) < 4.78 is 7.61. The van der Waals surface area contributed by atoms with Gasteiger partial charge in [0.15, 0.2) is 0 Å². The third-order valence-electron chi connectivity index (χ3n) is 3.01. The number of aromatic nitrogens is 2. The summed E-state index contributed by atoms with van der Waals surface area (Å²) in [6.45, 7) is 2.70. The number of benzene rings is 1. The molecule has 0 aliphatic rings. The third kappa shape index (κ3) is 4.94.